The summed E-state index contributed by atoms with van der Waals surface area (Å²) in [6.45, 7) is 0. The number of alkyl halides is 3. The molecule has 0 heterocycles. The molecule has 34 heavy (non-hydrogen) atoms. The Kier molecular flexibility index (Phi) is 8.15. The second-order valence-corrected chi connectivity index (χ2v) is 10.1. The molecular formula is C28H33F5O. The second-order valence-electron chi connectivity index (χ2n) is 10.1. The first-order valence-electron chi connectivity index (χ1n) is 12.6. The van der Waals surface area contributed by atoms with Gasteiger partial charge in [0.1, 0.15) is 17.4 Å². The van der Waals surface area contributed by atoms with Crippen molar-refractivity contribution in [2.45, 2.75) is 89.3 Å². The zero-order valence-corrected chi connectivity index (χ0v) is 19.5. The first kappa shape index (κ1) is 25.0. The van der Waals surface area contributed by atoms with E-state index >= 15 is 0 Å². The molecule has 4 rings (SSSR count). The minimum Gasteiger partial charge on any atom is -0.406 e. The Morgan fingerprint density at radius 3 is 1.79 bits per heavy atom. The predicted octanol–water partition coefficient (Wildman–Crippen LogP) is 9.55. The third kappa shape index (κ3) is 6.73. The predicted molar refractivity (Wildman–Crippen MR) is 124 cm³/mol. The van der Waals surface area contributed by atoms with Crippen molar-refractivity contribution in [2.24, 2.45) is 11.8 Å². The molecule has 6 heteroatoms. The van der Waals surface area contributed by atoms with Gasteiger partial charge in [-0.25, -0.2) is 8.78 Å². The van der Waals surface area contributed by atoms with Crippen molar-refractivity contribution in [1.29, 1.82) is 0 Å². The van der Waals surface area contributed by atoms with Crippen molar-refractivity contribution < 1.29 is 26.7 Å². The van der Waals surface area contributed by atoms with Crippen LogP contribution in [0.1, 0.15) is 88.5 Å². The minimum absolute atomic E-state index is 0.148. The van der Waals surface area contributed by atoms with Crippen LogP contribution in [-0.2, 0) is 0 Å². The molecule has 186 valence electrons. The van der Waals surface area contributed by atoms with Gasteiger partial charge in [0.2, 0.25) is 0 Å². The fourth-order valence-corrected chi connectivity index (χ4v) is 5.88. The van der Waals surface area contributed by atoms with E-state index in [0.29, 0.717) is 11.5 Å². The van der Waals surface area contributed by atoms with Crippen LogP contribution in [0.15, 0.2) is 36.4 Å². The summed E-state index contributed by atoms with van der Waals surface area (Å²) in [5.41, 5.74) is 0.631. The molecule has 2 fully saturated rings. The fraction of sp³-hybridized carbons (Fsp3) is 0.571. The summed E-state index contributed by atoms with van der Waals surface area (Å²) >= 11 is 0. The highest BCUT2D eigenvalue weighted by Gasteiger charge is 2.31. The lowest BCUT2D eigenvalue weighted by Crippen LogP contribution is -2.17. The van der Waals surface area contributed by atoms with Gasteiger partial charge in [0.15, 0.2) is 0 Å². The molecule has 0 aromatic heterocycles. The molecule has 2 aliphatic carbocycles. The van der Waals surface area contributed by atoms with Gasteiger partial charge in [0.25, 0.3) is 0 Å². The van der Waals surface area contributed by atoms with Gasteiger partial charge in [-0.3, -0.25) is 0 Å². The molecule has 2 aromatic carbocycles. The zero-order chi connectivity index (χ0) is 24.1. The highest BCUT2D eigenvalue weighted by Crippen LogP contribution is 2.40. The molecule has 2 aromatic rings. The van der Waals surface area contributed by atoms with Crippen molar-refractivity contribution in [3.05, 3.63) is 53.6 Å². The van der Waals surface area contributed by atoms with Gasteiger partial charge in [0.05, 0.1) is 5.56 Å². The van der Waals surface area contributed by atoms with E-state index in [1.807, 2.05) is 0 Å². The van der Waals surface area contributed by atoms with E-state index in [4.69, 9.17) is 0 Å². The van der Waals surface area contributed by atoms with Crippen LogP contribution in [0.25, 0.3) is 11.1 Å². The Morgan fingerprint density at radius 2 is 1.26 bits per heavy atom. The molecule has 0 spiro atoms. The Bertz CT molecular complexity index is 900. The maximum atomic E-state index is 14.9. The quantitative estimate of drug-likeness (QED) is 0.270. The lowest BCUT2D eigenvalue weighted by molar-refractivity contribution is -0.274. The SMILES string of the molecule is Fc1cc(C2CCC(CCCCC3CCCC3)CC2)cc(F)c1-c1ccc(OC(F)(F)F)cc1. The average Bonchev–Trinajstić information content (AvgIpc) is 3.30. The van der Waals surface area contributed by atoms with Crippen LogP contribution in [-0.4, -0.2) is 6.36 Å². The Morgan fingerprint density at radius 1 is 0.735 bits per heavy atom. The molecule has 0 bridgehead atoms. The average molecular weight is 481 g/mol. The maximum Gasteiger partial charge on any atom is 0.573 e. The van der Waals surface area contributed by atoms with Gasteiger partial charge in [-0.2, -0.15) is 0 Å². The number of hydrogen-bond acceptors (Lipinski definition) is 1. The highest BCUT2D eigenvalue weighted by atomic mass is 19.4. The third-order valence-corrected chi connectivity index (χ3v) is 7.71. The highest BCUT2D eigenvalue weighted by molar-refractivity contribution is 5.66. The number of hydrogen-bond donors (Lipinski definition) is 0. The number of ether oxygens (including phenoxy) is 1. The molecule has 1 nitrogen and oxygen atoms in total. The lowest BCUT2D eigenvalue weighted by atomic mass is 9.76. The Hall–Kier alpha value is -2.11. The van der Waals surface area contributed by atoms with E-state index in [9.17, 15) is 22.0 Å². The summed E-state index contributed by atoms with van der Waals surface area (Å²) in [5.74, 6) is 0.0160. The summed E-state index contributed by atoms with van der Waals surface area (Å²) in [6.07, 6.45) is 10.1. The van der Waals surface area contributed by atoms with Crippen molar-refractivity contribution in [3.63, 3.8) is 0 Å². The first-order chi connectivity index (χ1) is 16.3. The fourth-order valence-electron chi connectivity index (χ4n) is 5.88. The van der Waals surface area contributed by atoms with Gasteiger partial charge in [-0.05, 0) is 78.8 Å². The number of benzene rings is 2. The largest absolute Gasteiger partial charge is 0.573 e. The van der Waals surface area contributed by atoms with E-state index in [1.54, 1.807) is 0 Å². The number of unbranched alkanes of at least 4 members (excludes halogenated alkanes) is 1. The van der Waals surface area contributed by atoms with Crippen molar-refractivity contribution >= 4 is 0 Å². The van der Waals surface area contributed by atoms with E-state index in [1.165, 1.54) is 75.6 Å². The topological polar surface area (TPSA) is 9.23 Å². The molecule has 0 amide bonds. The van der Waals surface area contributed by atoms with Crippen molar-refractivity contribution in [3.8, 4) is 16.9 Å². The number of rotatable bonds is 8. The molecule has 0 radical (unpaired) electrons. The lowest BCUT2D eigenvalue weighted by Gasteiger charge is -2.29. The number of halogens is 5. The van der Waals surface area contributed by atoms with Gasteiger partial charge >= 0.3 is 6.36 Å². The summed E-state index contributed by atoms with van der Waals surface area (Å²) in [5, 5.41) is 0. The standard InChI is InChI=1S/C28H33F5O/c29-25-17-23(18-26(30)27(25)22-13-15-24(16-14-22)34-28(31,32)33)21-11-9-20(10-12-21)8-4-3-7-19-5-1-2-6-19/h13-21H,1-12H2. The third-order valence-electron chi connectivity index (χ3n) is 7.71. The van der Waals surface area contributed by atoms with Crippen LogP contribution < -0.4 is 4.74 Å². The van der Waals surface area contributed by atoms with Gasteiger partial charge < -0.3 is 4.74 Å². The van der Waals surface area contributed by atoms with Crippen LogP contribution in [0.2, 0.25) is 0 Å². The zero-order valence-electron chi connectivity index (χ0n) is 19.5. The van der Waals surface area contributed by atoms with Crippen LogP contribution in [0.3, 0.4) is 0 Å². The van der Waals surface area contributed by atoms with Crippen molar-refractivity contribution in [1.82, 2.24) is 0 Å². The summed E-state index contributed by atoms with van der Waals surface area (Å²) < 4.78 is 70.6. The first-order valence-corrected chi connectivity index (χ1v) is 12.6. The molecule has 0 atom stereocenters. The normalized spacial score (nSPS) is 21.7. The molecule has 0 saturated heterocycles. The van der Waals surface area contributed by atoms with E-state index in [2.05, 4.69) is 4.74 Å². The Balaban J connectivity index is 1.30. The van der Waals surface area contributed by atoms with E-state index < -0.39 is 23.7 Å². The van der Waals surface area contributed by atoms with E-state index in [0.717, 1.165) is 43.7 Å². The molecule has 2 aliphatic rings. The summed E-state index contributed by atoms with van der Waals surface area (Å²) in [6, 6.07) is 7.38. The summed E-state index contributed by atoms with van der Waals surface area (Å²) in [4.78, 5) is 0. The molecule has 0 N–H and O–H groups in total. The van der Waals surface area contributed by atoms with E-state index in [-0.39, 0.29) is 17.0 Å². The molecule has 0 unspecified atom stereocenters. The molecular weight excluding hydrogens is 447 g/mol. The van der Waals surface area contributed by atoms with Crippen LogP contribution in [0.4, 0.5) is 22.0 Å². The minimum atomic E-state index is -4.81. The smallest absolute Gasteiger partial charge is 0.406 e. The van der Waals surface area contributed by atoms with Crippen LogP contribution in [0, 0.1) is 23.5 Å². The summed E-state index contributed by atoms with van der Waals surface area (Å²) in [7, 11) is 0. The van der Waals surface area contributed by atoms with Gasteiger partial charge in [0, 0.05) is 0 Å². The van der Waals surface area contributed by atoms with Crippen LogP contribution >= 0.6 is 0 Å². The Labute approximate surface area is 198 Å². The monoisotopic (exact) mass is 480 g/mol. The van der Waals surface area contributed by atoms with Crippen molar-refractivity contribution in [2.75, 3.05) is 0 Å². The molecule has 2 saturated carbocycles. The van der Waals surface area contributed by atoms with Gasteiger partial charge in [-0.15, -0.1) is 13.2 Å². The van der Waals surface area contributed by atoms with Gasteiger partial charge in [-0.1, -0.05) is 63.5 Å². The maximum absolute atomic E-state index is 14.9. The second kappa shape index (κ2) is 11.1. The van der Waals surface area contributed by atoms with Crippen LogP contribution in [0.5, 0.6) is 5.75 Å². The molecule has 0 aliphatic heterocycles.